The number of anilines is 1. The average molecular weight is 265 g/mol. The van der Waals surface area contributed by atoms with Crippen LogP contribution in [-0.4, -0.2) is 5.21 Å². The molecule has 0 bridgehead atoms. The summed E-state index contributed by atoms with van der Waals surface area (Å²) in [6, 6.07) is 7.26. The van der Waals surface area contributed by atoms with Gasteiger partial charge in [-0.1, -0.05) is 18.2 Å². The van der Waals surface area contributed by atoms with Crippen LogP contribution in [0.15, 0.2) is 24.3 Å². The highest BCUT2D eigenvalue weighted by atomic mass is 127. The molecule has 60 valence electrons. The number of hydrogen-bond donors (Lipinski definition) is 1. The molecule has 1 rings (SSSR count). The second kappa shape index (κ2) is 3.77. The van der Waals surface area contributed by atoms with Crippen LogP contribution in [0.25, 0.3) is 0 Å². The molecule has 11 heavy (non-hydrogen) atoms. The van der Waals surface area contributed by atoms with Gasteiger partial charge in [-0.05, 0) is 18.6 Å². The molecule has 0 heterocycles. The van der Waals surface area contributed by atoms with E-state index in [-0.39, 0.29) is 0 Å². The molecule has 0 unspecified atom stereocenters. The summed E-state index contributed by atoms with van der Waals surface area (Å²) in [4.78, 5) is 0. The SMILES string of the molecule is Cc1ccccc1N(O)I=O. The second-order valence-corrected chi connectivity index (χ2v) is 3.42. The third-order valence-electron chi connectivity index (χ3n) is 1.38. The minimum atomic E-state index is -1.51. The third kappa shape index (κ3) is 1.97. The lowest BCUT2D eigenvalue weighted by molar-refractivity contribution is 0.344. The van der Waals surface area contributed by atoms with E-state index in [1.165, 1.54) is 0 Å². The zero-order valence-electron chi connectivity index (χ0n) is 5.99. The van der Waals surface area contributed by atoms with Crippen LogP contribution in [0.1, 0.15) is 5.56 Å². The van der Waals surface area contributed by atoms with E-state index in [1.54, 1.807) is 12.1 Å². The van der Waals surface area contributed by atoms with E-state index in [9.17, 15) is 3.07 Å². The fourth-order valence-electron chi connectivity index (χ4n) is 0.808. The van der Waals surface area contributed by atoms with Gasteiger partial charge in [0.1, 0.15) is 0 Å². The first-order valence-electron chi connectivity index (χ1n) is 3.07. The van der Waals surface area contributed by atoms with Crippen molar-refractivity contribution in [1.82, 2.24) is 0 Å². The Morgan fingerprint density at radius 3 is 2.64 bits per heavy atom. The molecule has 0 aromatic heterocycles. The normalized spacial score (nSPS) is 9.64. The van der Waals surface area contributed by atoms with Crippen molar-refractivity contribution in [2.45, 2.75) is 6.92 Å². The Kier molecular flexibility index (Phi) is 2.95. The molecule has 0 spiro atoms. The van der Waals surface area contributed by atoms with E-state index < -0.39 is 21.5 Å². The summed E-state index contributed by atoms with van der Waals surface area (Å²) < 4.78 is 11.2. The van der Waals surface area contributed by atoms with Crippen molar-refractivity contribution in [3.63, 3.8) is 0 Å². The second-order valence-electron chi connectivity index (χ2n) is 2.12. The zero-order chi connectivity index (χ0) is 8.27. The van der Waals surface area contributed by atoms with E-state index >= 15 is 0 Å². The van der Waals surface area contributed by atoms with Crippen molar-refractivity contribution in [2.24, 2.45) is 0 Å². The van der Waals surface area contributed by atoms with E-state index in [4.69, 9.17) is 5.21 Å². The van der Waals surface area contributed by atoms with Crippen molar-refractivity contribution in [3.8, 4) is 0 Å². The molecule has 0 saturated carbocycles. The van der Waals surface area contributed by atoms with Gasteiger partial charge in [0.05, 0.1) is 5.69 Å². The van der Waals surface area contributed by atoms with Crippen LogP contribution in [0.5, 0.6) is 0 Å². The number of para-hydroxylation sites is 1. The number of aryl methyl sites for hydroxylation is 1. The van der Waals surface area contributed by atoms with Gasteiger partial charge in [-0.2, -0.15) is 3.28 Å². The van der Waals surface area contributed by atoms with Gasteiger partial charge in [0.2, 0.25) is 0 Å². The highest BCUT2D eigenvalue weighted by Crippen LogP contribution is 2.22. The first-order valence-corrected chi connectivity index (χ1v) is 4.92. The molecule has 1 aromatic rings. The molecule has 0 amide bonds. The Morgan fingerprint density at radius 2 is 2.09 bits per heavy atom. The quantitative estimate of drug-likeness (QED) is 0.507. The van der Waals surface area contributed by atoms with Crippen LogP contribution in [0.4, 0.5) is 5.69 Å². The Morgan fingerprint density at radius 1 is 1.45 bits per heavy atom. The predicted molar refractivity (Wildman–Crippen MR) is 50.2 cm³/mol. The molecular weight excluding hydrogens is 257 g/mol. The summed E-state index contributed by atoms with van der Waals surface area (Å²) >= 11 is -1.51. The average Bonchev–Trinajstić information content (AvgIpc) is 2.04. The maximum Gasteiger partial charge on any atom is 0.300 e. The van der Waals surface area contributed by atoms with Crippen molar-refractivity contribution in [2.75, 3.05) is 3.28 Å². The number of hydrogen-bond acceptors (Lipinski definition) is 2. The highest BCUT2D eigenvalue weighted by molar-refractivity contribution is 14.1. The van der Waals surface area contributed by atoms with Gasteiger partial charge >= 0.3 is 0 Å². The van der Waals surface area contributed by atoms with E-state index in [1.807, 2.05) is 19.1 Å². The first-order chi connectivity index (χ1) is 5.25. The summed E-state index contributed by atoms with van der Waals surface area (Å²) in [6.07, 6.45) is 0. The molecule has 0 radical (unpaired) electrons. The van der Waals surface area contributed by atoms with Gasteiger partial charge < -0.3 is 0 Å². The Balaban J connectivity index is 3.02. The van der Waals surface area contributed by atoms with Crippen LogP contribution >= 0.6 is 21.5 Å². The molecule has 4 heteroatoms. The van der Waals surface area contributed by atoms with Crippen LogP contribution in [-0.2, 0) is 3.07 Å². The Labute approximate surface area is 75.6 Å². The molecule has 0 saturated heterocycles. The lowest BCUT2D eigenvalue weighted by atomic mass is 10.2. The van der Waals surface area contributed by atoms with Crippen LogP contribution in [0.2, 0.25) is 0 Å². The van der Waals surface area contributed by atoms with Gasteiger partial charge in [-0.3, -0.25) is 5.21 Å². The predicted octanol–water partition coefficient (Wildman–Crippen LogP) is 2.42. The lowest BCUT2D eigenvalue weighted by Gasteiger charge is -2.08. The molecule has 3 nitrogen and oxygen atoms in total. The molecule has 1 aromatic carbocycles. The summed E-state index contributed by atoms with van der Waals surface area (Å²) in [5.41, 5.74) is 1.54. The number of benzene rings is 1. The number of rotatable bonds is 2. The van der Waals surface area contributed by atoms with Gasteiger partial charge in [-0.25, -0.2) is 3.07 Å². The molecule has 0 aliphatic rings. The third-order valence-corrected chi connectivity index (χ3v) is 2.27. The minimum Gasteiger partial charge on any atom is -0.277 e. The van der Waals surface area contributed by atoms with Crippen molar-refractivity contribution in [1.29, 1.82) is 0 Å². The van der Waals surface area contributed by atoms with Crippen LogP contribution in [0, 0.1) is 6.92 Å². The maximum absolute atomic E-state index is 10.4. The molecule has 1 N–H and O–H groups in total. The minimum absolute atomic E-state index is 0.621. The van der Waals surface area contributed by atoms with Crippen molar-refractivity contribution < 1.29 is 8.28 Å². The van der Waals surface area contributed by atoms with Crippen molar-refractivity contribution >= 4 is 27.2 Å². The van der Waals surface area contributed by atoms with Gasteiger partial charge in [0, 0.05) is 0 Å². The molecule has 0 aliphatic carbocycles. The molecule has 0 aliphatic heterocycles. The molecule has 0 fully saturated rings. The fraction of sp³-hybridized carbons (Fsp3) is 0.143. The molecular formula is C7H8INO2. The lowest BCUT2D eigenvalue weighted by Crippen LogP contribution is -2.03. The molecule has 0 atom stereocenters. The van der Waals surface area contributed by atoms with E-state index in [2.05, 4.69) is 0 Å². The fourth-order valence-corrected chi connectivity index (χ4v) is 1.56. The maximum atomic E-state index is 10.4. The summed E-state index contributed by atoms with van der Waals surface area (Å²) in [5, 5.41) is 9.08. The van der Waals surface area contributed by atoms with E-state index in [0.29, 0.717) is 5.69 Å². The summed E-state index contributed by atoms with van der Waals surface area (Å²) in [6.45, 7) is 1.86. The number of halogens is 1. The first kappa shape index (κ1) is 8.61. The zero-order valence-corrected chi connectivity index (χ0v) is 8.15. The largest absolute Gasteiger partial charge is 0.300 e. The van der Waals surface area contributed by atoms with Gasteiger partial charge in [0.25, 0.3) is 21.5 Å². The van der Waals surface area contributed by atoms with Gasteiger partial charge in [0.15, 0.2) is 0 Å². The van der Waals surface area contributed by atoms with Crippen LogP contribution < -0.4 is 3.28 Å². The Bertz CT molecular complexity index is 264. The Hall–Kier alpha value is -0.490. The van der Waals surface area contributed by atoms with Gasteiger partial charge in [-0.15, -0.1) is 0 Å². The van der Waals surface area contributed by atoms with Crippen LogP contribution in [0.3, 0.4) is 0 Å². The smallest absolute Gasteiger partial charge is 0.277 e. The topological polar surface area (TPSA) is 40.5 Å². The summed E-state index contributed by atoms with van der Waals surface area (Å²) in [5.74, 6) is 0. The summed E-state index contributed by atoms with van der Waals surface area (Å²) in [7, 11) is 0. The van der Waals surface area contributed by atoms with E-state index in [0.717, 1.165) is 8.84 Å². The van der Waals surface area contributed by atoms with Crippen molar-refractivity contribution in [3.05, 3.63) is 29.8 Å². The monoisotopic (exact) mass is 265 g/mol. The standard InChI is InChI=1S/C7H8INO2/c1-6-4-2-3-5-7(6)9(11)8-10/h2-5,11H,1H3. The highest BCUT2D eigenvalue weighted by Gasteiger charge is 2.03. The number of nitrogens with zero attached hydrogens (tertiary/aromatic N) is 1.